The monoisotopic (exact) mass is 202 g/mol. The van der Waals surface area contributed by atoms with Gasteiger partial charge in [0.15, 0.2) is 0 Å². The van der Waals surface area contributed by atoms with E-state index in [1.54, 1.807) is 0 Å². The zero-order chi connectivity index (χ0) is 9.68. The highest BCUT2D eigenvalue weighted by atomic mass is 32.2. The molecule has 0 amide bonds. The van der Waals surface area contributed by atoms with Gasteiger partial charge in [-0.3, -0.25) is 0 Å². The molecule has 0 aromatic rings. The van der Waals surface area contributed by atoms with Gasteiger partial charge < -0.3 is 10.6 Å². The maximum atomic E-state index is 6.00. The Hall–Kier alpha value is 0.270. The Morgan fingerprint density at radius 3 is 2.46 bits per heavy atom. The largest absolute Gasteiger partial charge is 0.327 e. The number of hydrogen-bond donors (Lipinski definition) is 1. The van der Waals surface area contributed by atoms with Crippen molar-refractivity contribution >= 4 is 11.8 Å². The SMILES string of the molecule is CC(C)C(N)CCN1CCSCC1. The average molecular weight is 202 g/mol. The Morgan fingerprint density at radius 2 is 1.92 bits per heavy atom. The zero-order valence-corrected chi connectivity index (χ0v) is 9.65. The van der Waals surface area contributed by atoms with E-state index in [9.17, 15) is 0 Å². The highest BCUT2D eigenvalue weighted by Crippen LogP contribution is 2.11. The molecule has 0 saturated carbocycles. The van der Waals surface area contributed by atoms with Crippen molar-refractivity contribution in [1.29, 1.82) is 0 Å². The topological polar surface area (TPSA) is 29.3 Å². The van der Waals surface area contributed by atoms with Crippen LogP contribution in [0.2, 0.25) is 0 Å². The van der Waals surface area contributed by atoms with Crippen molar-refractivity contribution in [2.45, 2.75) is 26.3 Å². The van der Waals surface area contributed by atoms with Gasteiger partial charge in [-0.15, -0.1) is 0 Å². The summed E-state index contributed by atoms with van der Waals surface area (Å²) < 4.78 is 0. The predicted molar refractivity (Wildman–Crippen MR) is 61.2 cm³/mol. The fourth-order valence-electron chi connectivity index (χ4n) is 1.49. The summed E-state index contributed by atoms with van der Waals surface area (Å²) in [6.45, 7) is 8.12. The van der Waals surface area contributed by atoms with E-state index in [4.69, 9.17) is 5.73 Å². The van der Waals surface area contributed by atoms with Gasteiger partial charge in [0.2, 0.25) is 0 Å². The first-order valence-electron chi connectivity index (χ1n) is 5.26. The second-order valence-corrected chi connectivity index (χ2v) is 5.38. The Morgan fingerprint density at radius 1 is 1.31 bits per heavy atom. The van der Waals surface area contributed by atoms with Gasteiger partial charge in [0, 0.05) is 30.6 Å². The lowest BCUT2D eigenvalue weighted by atomic mass is 10.0. The van der Waals surface area contributed by atoms with Gasteiger partial charge in [0.1, 0.15) is 0 Å². The van der Waals surface area contributed by atoms with Gasteiger partial charge in [0.25, 0.3) is 0 Å². The molecule has 0 aliphatic carbocycles. The normalized spacial score (nSPS) is 22.2. The molecule has 1 aliphatic heterocycles. The smallest absolute Gasteiger partial charge is 0.00740 e. The van der Waals surface area contributed by atoms with Crippen LogP contribution in [0.3, 0.4) is 0 Å². The predicted octanol–water partition coefficient (Wildman–Crippen LogP) is 1.41. The lowest BCUT2D eigenvalue weighted by Crippen LogP contribution is -2.37. The third kappa shape index (κ3) is 4.34. The lowest BCUT2D eigenvalue weighted by Gasteiger charge is -2.27. The molecule has 0 bridgehead atoms. The molecule has 3 heteroatoms. The van der Waals surface area contributed by atoms with Gasteiger partial charge in [-0.2, -0.15) is 11.8 Å². The zero-order valence-electron chi connectivity index (χ0n) is 8.83. The molecular formula is C10H22N2S. The van der Waals surface area contributed by atoms with Gasteiger partial charge in [-0.05, 0) is 18.9 Å². The summed E-state index contributed by atoms with van der Waals surface area (Å²) in [5.41, 5.74) is 6.00. The molecule has 2 nitrogen and oxygen atoms in total. The quantitative estimate of drug-likeness (QED) is 0.747. The molecule has 0 spiro atoms. The Labute approximate surface area is 86.2 Å². The number of nitrogens with two attached hydrogens (primary N) is 1. The second-order valence-electron chi connectivity index (χ2n) is 4.15. The summed E-state index contributed by atoms with van der Waals surface area (Å²) in [7, 11) is 0. The molecule has 1 heterocycles. The maximum Gasteiger partial charge on any atom is 0.00740 e. The highest BCUT2D eigenvalue weighted by Gasteiger charge is 2.13. The molecular weight excluding hydrogens is 180 g/mol. The molecule has 2 N–H and O–H groups in total. The first-order valence-corrected chi connectivity index (χ1v) is 6.41. The summed E-state index contributed by atoms with van der Waals surface area (Å²) in [5.74, 6) is 3.23. The van der Waals surface area contributed by atoms with E-state index in [2.05, 4.69) is 30.5 Å². The molecule has 1 saturated heterocycles. The van der Waals surface area contributed by atoms with Crippen molar-refractivity contribution in [3.8, 4) is 0 Å². The van der Waals surface area contributed by atoms with Crippen LogP contribution in [0.1, 0.15) is 20.3 Å². The van der Waals surface area contributed by atoms with Crippen molar-refractivity contribution in [1.82, 2.24) is 4.90 Å². The van der Waals surface area contributed by atoms with Gasteiger partial charge >= 0.3 is 0 Å². The Bertz CT molecular complexity index is 133. The van der Waals surface area contributed by atoms with E-state index in [0.29, 0.717) is 12.0 Å². The highest BCUT2D eigenvalue weighted by molar-refractivity contribution is 7.99. The molecule has 0 aromatic heterocycles. The first kappa shape index (κ1) is 11.3. The van der Waals surface area contributed by atoms with Crippen LogP contribution in [0.15, 0.2) is 0 Å². The van der Waals surface area contributed by atoms with E-state index in [0.717, 1.165) is 6.42 Å². The van der Waals surface area contributed by atoms with Crippen molar-refractivity contribution in [3.05, 3.63) is 0 Å². The Balaban J connectivity index is 2.10. The van der Waals surface area contributed by atoms with Gasteiger partial charge in [-0.25, -0.2) is 0 Å². The molecule has 1 rings (SSSR count). The van der Waals surface area contributed by atoms with Crippen molar-refractivity contribution < 1.29 is 0 Å². The third-order valence-corrected chi connectivity index (χ3v) is 3.68. The van der Waals surface area contributed by atoms with Crippen molar-refractivity contribution in [2.75, 3.05) is 31.1 Å². The van der Waals surface area contributed by atoms with Crippen LogP contribution in [-0.4, -0.2) is 42.1 Å². The van der Waals surface area contributed by atoms with Crippen molar-refractivity contribution in [3.63, 3.8) is 0 Å². The minimum absolute atomic E-state index is 0.384. The second kappa shape index (κ2) is 5.89. The van der Waals surface area contributed by atoms with E-state index in [1.807, 2.05) is 0 Å². The molecule has 13 heavy (non-hydrogen) atoms. The van der Waals surface area contributed by atoms with Gasteiger partial charge in [0.05, 0.1) is 0 Å². The molecule has 1 atom stereocenters. The molecule has 0 aromatic carbocycles. The van der Waals surface area contributed by atoms with E-state index < -0.39 is 0 Å². The van der Waals surface area contributed by atoms with E-state index in [-0.39, 0.29) is 0 Å². The molecule has 1 aliphatic rings. The minimum Gasteiger partial charge on any atom is -0.327 e. The van der Waals surface area contributed by atoms with Gasteiger partial charge in [-0.1, -0.05) is 13.8 Å². The molecule has 78 valence electrons. The maximum absolute atomic E-state index is 6.00. The number of thioether (sulfide) groups is 1. The lowest BCUT2D eigenvalue weighted by molar-refractivity contribution is 0.277. The van der Waals surface area contributed by atoms with Crippen LogP contribution >= 0.6 is 11.8 Å². The van der Waals surface area contributed by atoms with Crippen LogP contribution < -0.4 is 5.73 Å². The fraction of sp³-hybridized carbons (Fsp3) is 1.00. The third-order valence-electron chi connectivity index (χ3n) is 2.74. The van der Waals surface area contributed by atoms with Crippen LogP contribution in [-0.2, 0) is 0 Å². The van der Waals surface area contributed by atoms with Crippen LogP contribution in [0.25, 0.3) is 0 Å². The molecule has 1 unspecified atom stereocenters. The first-order chi connectivity index (χ1) is 6.20. The van der Waals surface area contributed by atoms with Crippen molar-refractivity contribution in [2.24, 2.45) is 11.7 Å². The summed E-state index contributed by atoms with van der Waals surface area (Å²) in [5, 5.41) is 0. The van der Waals surface area contributed by atoms with E-state index >= 15 is 0 Å². The number of rotatable bonds is 4. The average Bonchev–Trinajstić information content (AvgIpc) is 2.15. The number of hydrogen-bond acceptors (Lipinski definition) is 3. The van der Waals surface area contributed by atoms with Crippen LogP contribution in [0, 0.1) is 5.92 Å². The molecule has 0 radical (unpaired) electrons. The Kier molecular flexibility index (Phi) is 5.14. The number of nitrogens with zero attached hydrogens (tertiary/aromatic N) is 1. The summed E-state index contributed by atoms with van der Waals surface area (Å²) >= 11 is 2.07. The fourth-order valence-corrected chi connectivity index (χ4v) is 2.47. The molecule has 1 fully saturated rings. The van der Waals surface area contributed by atoms with Crippen LogP contribution in [0.4, 0.5) is 0 Å². The summed E-state index contributed by atoms with van der Waals surface area (Å²) in [6.07, 6.45) is 1.16. The standard InChI is InChI=1S/C10H22N2S/c1-9(2)10(11)3-4-12-5-7-13-8-6-12/h9-10H,3-8,11H2,1-2H3. The minimum atomic E-state index is 0.384. The summed E-state index contributed by atoms with van der Waals surface area (Å²) in [6, 6.07) is 0.384. The van der Waals surface area contributed by atoms with E-state index in [1.165, 1.54) is 31.1 Å². The summed E-state index contributed by atoms with van der Waals surface area (Å²) in [4.78, 5) is 2.54. The van der Waals surface area contributed by atoms with Crippen LogP contribution in [0.5, 0.6) is 0 Å².